The number of halogens is 1. The van der Waals surface area contributed by atoms with E-state index in [0.717, 1.165) is 29.2 Å². The van der Waals surface area contributed by atoms with Gasteiger partial charge >= 0.3 is 0 Å². The first-order chi connectivity index (χ1) is 14.5. The quantitative estimate of drug-likeness (QED) is 0.412. The monoisotopic (exact) mass is 435 g/mol. The minimum Gasteiger partial charge on any atom is -0.246 e. The van der Waals surface area contributed by atoms with E-state index in [2.05, 4.69) is 9.97 Å². The first-order valence-corrected chi connectivity index (χ1v) is 11.2. The molecule has 0 aliphatic rings. The zero-order valence-electron chi connectivity index (χ0n) is 15.4. The summed E-state index contributed by atoms with van der Waals surface area (Å²) >= 11 is 1.24. The van der Waals surface area contributed by atoms with Crippen LogP contribution in [0.25, 0.3) is 11.0 Å². The number of nitrogens with zero attached hydrogens (tertiary/aromatic N) is 3. The Hall–Kier alpha value is -3.28. The van der Waals surface area contributed by atoms with E-state index in [1.807, 2.05) is 42.5 Å². The maximum absolute atomic E-state index is 13.3. The molecule has 4 rings (SSSR count). The van der Waals surface area contributed by atoms with E-state index in [4.69, 9.17) is 0 Å². The molecular formula is C22H14FN3O2S2. The predicted octanol–water partition coefficient (Wildman–Crippen LogP) is 4.96. The summed E-state index contributed by atoms with van der Waals surface area (Å²) in [6.07, 6.45) is 0. The molecule has 1 atom stereocenters. The van der Waals surface area contributed by atoms with Gasteiger partial charge in [-0.05, 0) is 48.5 Å². The molecule has 1 heterocycles. The Labute approximate surface area is 177 Å². The highest BCUT2D eigenvalue weighted by Gasteiger charge is 2.33. The summed E-state index contributed by atoms with van der Waals surface area (Å²) in [5.74, 6) is -0.562. The van der Waals surface area contributed by atoms with E-state index in [9.17, 15) is 18.1 Å². The summed E-state index contributed by atoms with van der Waals surface area (Å²) in [5.41, 5.74) is 1.13. The number of rotatable bonds is 5. The van der Waals surface area contributed by atoms with Crippen LogP contribution < -0.4 is 0 Å². The fourth-order valence-corrected chi connectivity index (χ4v) is 5.27. The molecule has 0 N–H and O–H groups in total. The van der Waals surface area contributed by atoms with E-state index in [0.29, 0.717) is 16.1 Å². The van der Waals surface area contributed by atoms with E-state index in [-0.39, 0.29) is 10.6 Å². The topological polar surface area (TPSA) is 83.7 Å². The van der Waals surface area contributed by atoms with Gasteiger partial charge in [0.15, 0.2) is 5.25 Å². The largest absolute Gasteiger partial charge is 0.246 e. The molecule has 0 radical (unpaired) electrons. The van der Waals surface area contributed by atoms with E-state index >= 15 is 0 Å². The molecule has 0 aliphatic carbocycles. The molecule has 0 bridgehead atoms. The normalized spacial score (nSPS) is 12.4. The van der Waals surface area contributed by atoms with Crippen molar-refractivity contribution >= 4 is 32.6 Å². The van der Waals surface area contributed by atoms with Crippen LogP contribution in [0, 0.1) is 17.1 Å². The third-order valence-corrected chi connectivity index (χ3v) is 7.22. The molecule has 0 spiro atoms. The average molecular weight is 436 g/mol. The Morgan fingerprint density at radius 1 is 0.867 bits per heavy atom. The van der Waals surface area contributed by atoms with Crippen LogP contribution in [0.2, 0.25) is 0 Å². The lowest BCUT2D eigenvalue weighted by Crippen LogP contribution is -2.15. The second kappa shape index (κ2) is 8.22. The van der Waals surface area contributed by atoms with E-state index in [1.54, 1.807) is 18.2 Å². The van der Waals surface area contributed by atoms with Crippen molar-refractivity contribution in [3.63, 3.8) is 0 Å². The molecule has 0 saturated heterocycles. The van der Waals surface area contributed by atoms with Crippen LogP contribution in [0.4, 0.5) is 4.39 Å². The van der Waals surface area contributed by atoms with Crippen molar-refractivity contribution in [2.24, 2.45) is 0 Å². The van der Waals surface area contributed by atoms with Gasteiger partial charge < -0.3 is 0 Å². The Kier molecular flexibility index (Phi) is 5.48. The molecule has 0 amide bonds. The second-order valence-corrected chi connectivity index (χ2v) is 9.42. The van der Waals surface area contributed by atoms with Gasteiger partial charge in [0.1, 0.15) is 16.5 Å². The third-order valence-electron chi connectivity index (χ3n) is 4.34. The van der Waals surface area contributed by atoms with Crippen LogP contribution >= 0.6 is 11.8 Å². The van der Waals surface area contributed by atoms with Crippen molar-refractivity contribution in [1.29, 1.82) is 5.26 Å². The van der Waals surface area contributed by atoms with Gasteiger partial charge in [0, 0.05) is 4.90 Å². The zero-order chi connectivity index (χ0) is 21.1. The molecule has 30 heavy (non-hydrogen) atoms. The minimum atomic E-state index is -4.15. The summed E-state index contributed by atoms with van der Waals surface area (Å²) in [4.78, 5) is 9.76. The summed E-state index contributed by atoms with van der Waals surface area (Å²) < 4.78 is 39.7. The van der Waals surface area contributed by atoms with Crippen molar-refractivity contribution in [2.75, 3.05) is 0 Å². The number of hydrogen-bond donors (Lipinski definition) is 0. The van der Waals surface area contributed by atoms with Crippen LogP contribution in [0.1, 0.15) is 10.9 Å². The number of hydrogen-bond acceptors (Lipinski definition) is 6. The molecule has 4 aromatic rings. The number of fused-ring (bicyclic) bond motifs is 1. The van der Waals surface area contributed by atoms with E-state index < -0.39 is 20.9 Å². The molecule has 148 valence electrons. The Bertz CT molecular complexity index is 1350. The molecular weight excluding hydrogens is 421 g/mol. The number of sulfone groups is 1. The Morgan fingerprint density at radius 2 is 1.47 bits per heavy atom. The van der Waals surface area contributed by atoms with Gasteiger partial charge in [-0.1, -0.05) is 42.1 Å². The summed E-state index contributed by atoms with van der Waals surface area (Å²) in [5, 5.41) is 8.55. The molecule has 1 unspecified atom stereocenters. The maximum Gasteiger partial charge on any atom is 0.200 e. The number of aromatic nitrogens is 2. The van der Waals surface area contributed by atoms with Crippen LogP contribution in [-0.4, -0.2) is 18.4 Å². The highest BCUT2D eigenvalue weighted by atomic mass is 32.2. The summed E-state index contributed by atoms with van der Waals surface area (Å²) in [6.45, 7) is 0. The summed E-state index contributed by atoms with van der Waals surface area (Å²) in [6, 6.07) is 22.6. The van der Waals surface area contributed by atoms with Crippen LogP contribution in [0.15, 0.2) is 93.7 Å². The SMILES string of the molecule is N#CC(c1nc2ccccc2nc1Sc1ccccc1)S(=O)(=O)c1ccc(F)cc1. The van der Waals surface area contributed by atoms with Crippen molar-refractivity contribution in [3.8, 4) is 6.07 Å². The van der Waals surface area contributed by atoms with Gasteiger partial charge in [0.25, 0.3) is 0 Å². The fourth-order valence-electron chi connectivity index (χ4n) is 2.88. The van der Waals surface area contributed by atoms with Gasteiger partial charge in [0.05, 0.1) is 22.0 Å². The van der Waals surface area contributed by atoms with Gasteiger partial charge in [0.2, 0.25) is 9.84 Å². The fraction of sp³-hybridized carbons (Fsp3) is 0.0455. The first kappa shape index (κ1) is 20.0. The molecule has 1 aromatic heterocycles. The highest BCUT2D eigenvalue weighted by Crippen LogP contribution is 2.36. The van der Waals surface area contributed by atoms with Crippen molar-refractivity contribution in [1.82, 2.24) is 9.97 Å². The van der Waals surface area contributed by atoms with E-state index in [1.165, 1.54) is 11.8 Å². The molecule has 0 fully saturated rings. The van der Waals surface area contributed by atoms with Crippen LogP contribution in [0.3, 0.4) is 0 Å². The Morgan fingerprint density at radius 3 is 2.10 bits per heavy atom. The van der Waals surface area contributed by atoms with Crippen molar-refractivity contribution < 1.29 is 12.8 Å². The van der Waals surface area contributed by atoms with Gasteiger partial charge in [-0.25, -0.2) is 22.8 Å². The highest BCUT2D eigenvalue weighted by molar-refractivity contribution is 7.99. The first-order valence-electron chi connectivity index (χ1n) is 8.88. The number of benzene rings is 3. The van der Waals surface area contributed by atoms with Gasteiger partial charge in [-0.15, -0.1) is 0 Å². The molecule has 0 aliphatic heterocycles. The number of nitriles is 1. The maximum atomic E-state index is 13.3. The molecule has 3 aromatic carbocycles. The number of para-hydroxylation sites is 2. The minimum absolute atomic E-state index is 0.0504. The summed E-state index contributed by atoms with van der Waals surface area (Å²) in [7, 11) is -4.15. The van der Waals surface area contributed by atoms with Gasteiger partial charge in [-0.2, -0.15) is 5.26 Å². The molecule has 0 saturated carbocycles. The second-order valence-electron chi connectivity index (χ2n) is 6.33. The van der Waals surface area contributed by atoms with Crippen LogP contribution in [-0.2, 0) is 9.84 Å². The van der Waals surface area contributed by atoms with Crippen molar-refractivity contribution in [2.45, 2.75) is 20.1 Å². The lowest BCUT2D eigenvalue weighted by molar-refractivity contribution is 0.588. The lowest BCUT2D eigenvalue weighted by atomic mass is 10.2. The zero-order valence-corrected chi connectivity index (χ0v) is 17.1. The third kappa shape index (κ3) is 3.90. The average Bonchev–Trinajstić information content (AvgIpc) is 2.75. The Balaban J connectivity index is 1.89. The molecule has 8 heteroatoms. The lowest BCUT2D eigenvalue weighted by Gasteiger charge is -2.15. The molecule has 5 nitrogen and oxygen atoms in total. The van der Waals surface area contributed by atoms with Gasteiger partial charge in [-0.3, -0.25) is 0 Å². The van der Waals surface area contributed by atoms with Crippen LogP contribution in [0.5, 0.6) is 0 Å². The smallest absolute Gasteiger partial charge is 0.200 e. The van der Waals surface area contributed by atoms with Crippen molar-refractivity contribution in [3.05, 3.63) is 90.4 Å². The standard InChI is InChI=1S/C22H14FN3O2S2/c23-15-10-12-17(13-11-15)30(27,28)20(14-24)21-22(29-16-6-2-1-3-7-16)26-19-9-5-4-8-18(19)25-21/h1-13,20H. The predicted molar refractivity (Wildman–Crippen MR) is 112 cm³/mol.